The van der Waals surface area contributed by atoms with Crippen LogP contribution in [0.3, 0.4) is 0 Å². The van der Waals surface area contributed by atoms with Crippen LogP contribution in [0.2, 0.25) is 0 Å². The summed E-state index contributed by atoms with van der Waals surface area (Å²) in [6, 6.07) is 0. The molecule has 6 heteroatoms. The number of hydrogen-bond donors (Lipinski definition) is 0. The topological polar surface area (TPSA) is 91.6 Å². The van der Waals surface area contributed by atoms with E-state index >= 15 is 0 Å². The van der Waals surface area contributed by atoms with Gasteiger partial charge in [-0.25, -0.2) is 9.97 Å². The van der Waals surface area contributed by atoms with Crippen molar-refractivity contribution in [2.45, 2.75) is 13.3 Å². The van der Waals surface area contributed by atoms with Crippen LogP contribution in [0.5, 0.6) is 0 Å². The molecule has 1 rings (SSSR count). The second-order valence-electron chi connectivity index (χ2n) is 2.46. The molecule has 0 radical (unpaired) electrons. The van der Waals surface area contributed by atoms with Crippen molar-refractivity contribution < 1.29 is 4.79 Å². The molecule has 0 bridgehead atoms. The fourth-order valence-electron chi connectivity index (χ4n) is 0.818. The van der Waals surface area contributed by atoms with E-state index in [0.717, 1.165) is 0 Å². The van der Waals surface area contributed by atoms with Gasteiger partial charge in [0.1, 0.15) is 5.78 Å². The molecule has 0 aliphatic carbocycles. The summed E-state index contributed by atoms with van der Waals surface area (Å²) < 4.78 is 0. The van der Waals surface area contributed by atoms with Gasteiger partial charge in [-0.3, -0.25) is 4.79 Å². The maximum Gasteiger partial charge on any atom is 0.216 e. The first-order valence-corrected chi connectivity index (χ1v) is 3.58. The van der Waals surface area contributed by atoms with Crippen LogP contribution in [0, 0.1) is 0 Å². The Morgan fingerprint density at radius 3 is 2.69 bits per heavy atom. The first kappa shape index (κ1) is 9.15. The Morgan fingerprint density at radius 2 is 2.23 bits per heavy atom. The highest BCUT2D eigenvalue weighted by Gasteiger charge is 1.98. The van der Waals surface area contributed by atoms with Crippen molar-refractivity contribution in [3.05, 3.63) is 28.4 Å². The number of carbonyl (C=O) groups excluding carboxylic acids is 1. The zero-order valence-corrected chi connectivity index (χ0v) is 7.01. The number of ketones is 1. The molecule has 0 aliphatic rings. The van der Waals surface area contributed by atoms with Gasteiger partial charge in [-0.1, -0.05) is 0 Å². The van der Waals surface area contributed by atoms with Gasteiger partial charge in [0.2, 0.25) is 5.95 Å². The summed E-state index contributed by atoms with van der Waals surface area (Å²) in [6.45, 7) is 1.49. The Kier molecular flexibility index (Phi) is 2.94. The average Bonchev–Trinajstić information content (AvgIpc) is 2.08. The van der Waals surface area contributed by atoms with Crippen LogP contribution in [0.4, 0.5) is 5.95 Å². The number of carbonyl (C=O) groups is 1. The molecule has 1 heterocycles. The zero-order chi connectivity index (χ0) is 9.68. The molecule has 0 unspecified atom stereocenters. The lowest BCUT2D eigenvalue weighted by Gasteiger charge is -1.95. The summed E-state index contributed by atoms with van der Waals surface area (Å²) >= 11 is 0. The molecule has 0 N–H and O–H groups in total. The number of azide groups is 1. The molecule has 0 spiro atoms. The Balaban J connectivity index is 2.80. The molecule has 0 fully saturated rings. The first-order valence-electron chi connectivity index (χ1n) is 3.58. The molecule has 0 aliphatic heterocycles. The van der Waals surface area contributed by atoms with E-state index in [-0.39, 0.29) is 11.7 Å². The predicted molar refractivity (Wildman–Crippen MR) is 45.2 cm³/mol. The third-order valence-electron chi connectivity index (χ3n) is 1.28. The zero-order valence-electron chi connectivity index (χ0n) is 7.01. The van der Waals surface area contributed by atoms with E-state index in [1.807, 2.05) is 0 Å². The first-order chi connectivity index (χ1) is 6.22. The lowest BCUT2D eigenvalue weighted by Crippen LogP contribution is -1.97. The Bertz CT molecular complexity index is 352. The van der Waals surface area contributed by atoms with Gasteiger partial charge in [-0.05, 0) is 23.1 Å². The molecular weight excluding hydrogens is 170 g/mol. The van der Waals surface area contributed by atoms with Gasteiger partial charge in [0.15, 0.2) is 0 Å². The fourth-order valence-corrected chi connectivity index (χ4v) is 0.818. The number of hydrogen-bond acceptors (Lipinski definition) is 4. The van der Waals surface area contributed by atoms with Gasteiger partial charge in [0, 0.05) is 23.7 Å². The van der Waals surface area contributed by atoms with Crippen molar-refractivity contribution in [3.8, 4) is 0 Å². The summed E-state index contributed by atoms with van der Waals surface area (Å²) in [5.74, 6) is 0.106. The second kappa shape index (κ2) is 4.18. The number of aromatic nitrogens is 2. The van der Waals surface area contributed by atoms with E-state index in [1.165, 1.54) is 19.3 Å². The van der Waals surface area contributed by atoms with E-state index in [4.69, 9.17) is 5.53 Å². The Morgan fingerprint density at radius 1 is 1.62 bits per heavy atom. The van der Waals surface area contributed by atoms with Gasteiger partial charge in [0.05, 0.1) is 0 Å². The third-order valence-corrected chi connectivity index (χ3v) is 1.28. The van der Waals surface area contributed by atoms with E-state index in [1.54, 1.807) is 0 Å². The van der Waals surface area contributed by atoms with E-state index in [9.17, 15) is 4.79 Å². The monoisotopic (exact) mass is 177 g/mol. The maximum absolute atomic E-state index is 10.7. The molecule has 0 aromatic carbocycles. The predicted octanol–water partition coefficient (Wildman–Crippen LogP) is 1.55. The highest BCUT2D eigenvalue weighted by molar-refractivity contribution is 5.77. The lowest BCUT2D eigenvalue weighted by atomic mass is 10.2. The van der Waals surface area contributed by atoms with Crippen molar-refractivity contribution in [2.75, 3.05) is 0 Å². The van der Waals surface area contributed by atoms with Crippen molar-refractivity contribution in [2.24, 2.45) is 5.11 Å². The molecule has 0 saturated heterocycles. The van der Waals surface area contributed by atoms with Crippen LogP contribution in [0.1, 0.15) is 12.5 Å². The van der Waals surface area contributed by atoms with E-state index < -0.39 is 0 Å². The van der Waals surface area contributed by atoms with Crippen molar-refractivity contribution >= 4 is 11.7 Å². The summed E-state index contributed by atoms with van der Waals surface area (Å²) in [5, 5.41) is 3.20. The van der Waals surface area contributed by atoms with Crippen molar-refractivity contribution in [1.29, 1.82) is 0 Å². The van der Waals surface area contributed by atoms with Crippen LogP contribution >= 0.6 is 0 Å². The van der Waals surface area contributed by atoms with Crippen LogP contribution in [0.25, 0.3) is 10.4 Å². The van der Waals surface area contributed by atoms with Gasteiger partial charge < -0.3 is 0 Å². The summed E-state index contributed by atoms with van der Waals surface area (Å²) in [6.07, 6.45) is 3.24. The molecule has 0 amide bonds. The Hall–Kier alpha value is -1.94. The SMILES string of the molecule is CC(=O)Cc1cnc(N=[N+]=[N-])nc1. The summed E-state index contributed by atoms with van der Waals surface area (Å²) in [4.78, 5) is 20.7. The minimum Gasteiger partial charge on any atom is -0.300 e. The van der Waals surface area contributed by atoms with Crippen LogP contribution < -0.4 is 0 Å². The van der Waals surface area contributed by atoms with Gasteiger partial charge >= 0.3 is 0 Å². The third kappa shape index (κ3) is 2.88. The molecule has 13 heavy (non-hydrogen) atoms. The maximum atomic E-state index is 10.7. The minimum atomic E-state index is 0.0418. The number of Topliss-reactive ketones (excluding diaryl/α,β-unsaturated/α-hetero) is 1. The van der Waals surface area contributed by atoms with Crippen LogP contribution in [-0.4, -0.2) is 15.8 Å². The molecule has 1 aromatic rings. The molecular formula is C7H7N5O. The highest BCUT2D eigenvalue weighted by atomic mass is 16.1. The normalized spacial score (nSPS) is 9.00. The van der Waals surface area contributed by atoms with Gasteiger partial charge in [-0.15, -0.1) is 0 Å². The van der Waals surface area contributed by atoms with Gasteiger partial charge in [0.25, 0.3) is 0 Å². The smallest absolute Gasteiger partial charge is 0.216 e. The van der Waals surface area contributed by atoms with E-state index in [2.05, 4.69) is 20.0 Å². The molecule has 66 valence electrons. The Labute approximate surface area is 74.3 Å². The standard InChI is InChI=1S/C7H7N5O/c1-5(13)2-6-3-9-7(10-4-6)11-12-8/h3-4H,2H2,1H3. The van der Waals surface area contributed by atoms with Crippen molar-refractivity contribution in [1.82, 2.24) is 9.97 Å². The molecule has 0 saturated carbocycles. The molecule has 0 atom stereocenters. The van der Waals surface area contributed by atoms with Gasteiger partial charge in [-0.2, -0.15) is 0 Å². The largest absolute Gasteiger partial charge is 0.300 e. The number of nitrogens with zero attached hydrogens (tertiary/aromatic N) is 5. The quantitative estimate of drug-likeness (QED) is 0.398. The fraction of sp³-hybridized carbons (Fsp3) is 0.286. The highest BCUT2D eigenvalue weighted by Crippen LogP contribution is 2.04. The summed E-state index contributed by atoms with van der Waals surface area (Å²) in [7, 11) is 0. The molecule has 1 aromatic heterocycles. The van der Waals surface area contributed by atoms with Crippen LogP contribution in [-0.2, 0) is 11.2 Å². The average molecular weight is 177 g/mol. The van der Waals surface area contributed by atoms with E-state index in [0.29, 0.717) is 12.0 Å². The number of rotatable bonds is 3. The lowest BCUT2D eigenvalue weighted by molar-refractivity contribution is -0.116. The second-order valence-corrected chi connectivity index (χ2v) is 2.46. The summed E-state index contributed by atoms with van der Waals surface area (Å²) in [5.41, 5.74) is 8.77. The molecule has 6 nitrogen and oxygen atoms in total. The van der Waals surface area contributed by atoms with Crippen LogP contribution in [0.15, 0.2) is 17.5 Å². The van der Waals surface area contributed by atoms with Crippen molar-refractivity contribution in [3.63, 3.8) is 0 Å². The minimum absolute atomic E-state index is 0.0418.